The first kappa shape index (κ1) is 15.5. The normalized spacial score (nSPS) is 20.1. The molecule has 0 aliphatic carbocycles. The minimum absolute atomic E-state index is 0.608. The third kappa shape index (κ3) is 3.32. The summed E-state index contributed by atoms with van der Waals surface area (Å²) in [6.07, 6.45) is 5.61. The summed E-state index contributed by atoms with van der Waals surface area (Å²) in [5.41, 5.74) is 2.09. The number of aromatic nitrogens is 3. The van der Waals surface area contributed by atoms with Crippen LogP contribution in [0, 0.1) is 11.8 Å². The second-order valence-corrected chi connectivity index (χ2v) is 6.98. The minimum atomic E-state index is 0.608. The zero-order valence-electron chi connectivity index (χ0n) is 14.1. The molecule has 1 unspecified atom stereocenters. The smallest absolute Gasteiger partial charge is 0.159 e. The molecule has 4 heteroatoms. The number of pyridine rings is 1. The van der Waals surface area contributed by atoms with Gasteiger partial charge in [0.25, 0.3) is 0 Å². The van der Waals surface area contributed by atoms with Crippen LogP contribution in [-0.2, 0) is 13.0 Å². The van der Waals surface area contributed by atoms with Gasteiger partial charge in [-0.05, 0) is 49.9 Å². The van der Waals surface area contributed by atoms with Gasteiger partial charge in [0.1, 0.15) is 11.3 Å². The quantitative estimate of drug-likeness (QED) is 0.849. The number of fused-ring (bicyclic) bond motifs is 1. The average molecular weight is 300 g/mol. The van der Waals surface area contributed by atoms with Crippen LogP contribution in [0.4, 0.5) is 0 Å². The van der Waals surface area contributed by atoms with E-state index in [0.717, 1.165) is 30.0 Å². The fourth-order valence-corrected chi connectivity index (χ4v) is 3.58. The lowest BCUT2D eigenvalue weighted by atomic mass is 9.94. The van der Waals surface area contributed by atoms with E-state index >= 15 is 0 Å². The Morgan fingerprint density at radius 1 is 1.36 bits per heavy atom. The summed E-state index contributed by atoms with van der Waals surface area (Å²) in [7, 11) is 0. The van der Waals surface area contributed by atoms with Crippen LogP contribution in [-0.4, -0.2) is 39.1 Å². The molecule has 4 nitrogen and oxygen atoms in total. The monoisotopic (exact) mass is 300 g/mol. The van der Waals surface area contributed by atoms with E-state index in [1.807, 2.05) is 12.3 Å². The fraction of sp³-hybridized carbons (Fsp3) is 0.667. The van der Waals surface area contributed by atoms with E-state index in [1.165, 1.54) is 38.3 Å². The molecule has 0 N–H and O–H groups in total. The zero-order valence-corrected chi connectivity index (χ0v) is 14.1. The Labute approximate surface area is 133 Å². The third-order valence-corrected chi connectivity index (χ3v) is 4.65. The second-order valence-electron chi connectivity index (χ2n) is 6.98. The Kier molecular flexibility index (Phi) is 4.77. The van der Waals surface area contributed by atoms with E-state index in [0.29, 0.717) is 5.92 Å². The Bertz CT molecular complexity index is 617. The van der Waals surface area contributed by atoms with Gasteiger partial charge < -0.3 is 9.47 Å². The van der Waals surface area contributed by atoms with Crippen molar-refractivity contribution in [1.29, 1.82) is 0 Å². The van der Waals surface area contributed by atoms with Crippen molar-refractivity contribution in [2.75, 3.05) is 19.6 Å². The van der Waals surface area contributed by atoms with Crippen molar-refractivity contribution in [3.05, 3.63) is 24.2 Å². The highest BCUT2D eigenvalue weighted by atomic mass is 15.1. The molecule has 0 aromatic carbocycles. The molecule has 0 amide bonds. The second kappa shape index (κ2) is 6.78. The predicted octanol–water partition coefficient (Wildman–Crippen LogP) is 3.36. The van der Waals surface area contributed by atoms with Crippen LogP contribution in [0.5, 0.6) is 0 Å². The topological polar surface area (TPSA) is 34.0 Å². The Hall–Kier alpha value is -1.42. The summed E-state index contributed by atoms with van der Waals surface area (Å²) in [4.78, 5) is 12.0. The average Bonchev–Trinajstić information content (AvgIpc) is 2.85. The lowest BCUT2D eigenvalue weighted by Crippen LogP contribution is -2.36. The van der Waals surface area contributed by atoms with Crippen LogP contribution in [0.1, 0.15) is 39.4 Å². The van der Waals surface area contributed by atoms with Crippen LogP contribution >= 0.6 is 0 Å². The molecule has 3 rings (SSSR count). The van der Waals surface area contributed by atoms with Crippen molar-refractivity contribution in [1.82, 2.24) is 19.4 Å². The maximum Gasteiger partial charge on any atom is 0.159 e. The van der Waals surface area contributed by atoms with Gasteiger partial charge in [-0.15, -0.1) is 0 Å². The summed E-state index contributed by atoms with van der Waals surface area (Å²) >= 11 is 0. The van der Waals surface area contributed by atoms with Crippen molar-refractivity contribution < 1.29 is 0 Å². The first-order chi connectivity index (χ1) is 10.7. The van der Waals surface area contributed by atoms with E-state index in [4.69, 9.17) is 4.98 Å². The van der Waals surface area contributed by atoms with Gasteiger partial charge in [0.2, 0.25) is 0 Å². The van der Waals surface area contributed by atoms with Crippen LogP contribution in [0.3, 0.4) is 0 Å². The van der Waals surface area contributed by atoms with Gasteiger partial charge in [0, 0.05) is 25.7 Å². The Morgan fingerprint density at radius 2 is 2.23 bits per heavy atom. The number of hydrogen-bond donors (Lipinski definition) is 0. The highest BCUT2D eigenvalue weighted by Crippen LogP contribution is 2.23. The van der Waals surface area contributed by atoms with Crippen LogP contribution in [0.15, 0.2) is 18.3 Å². The largest absolute Gasteiger partial charge is 0.312 e. The standard InChI is InChI=1S/C18H28N4/c1-4-21-10-6-7-15(13-21)11-17-20-16-8-5-9-19-18(16)22(17)12-14(2)3/h5,8-9,14-15H,4,6-7,10-13H2,1-3H3. The molecule has 0 saturated carbocycles. The summed E-state index contributed by atoms with van der Waals surface area (Å²) in [6.45, 7) is 11.4. The molecule has 1 fully saturated rings. The summed E-state index contributed by atoms with van der Waals surface area (Å²) in [6, 6.07) is 4.07. The number of rotatable bonds is 5. The number of hydrogen-bond acceptors (Lipinski definition) is 3. The molecule has 1 atom stereocenters. The van der Waals surface area contributed by atoms with E-state index in [-0.39, 0.29) is 0 Å². The van der Waals surface area contributed by atoms with Gasteiger partial charge in [-0.2, -0.15) is 0 Å². The van der Waals surface area contributed by atoms with Crippen molar-refractivity contribution >= 4 is 11.2 Å². The number of piperidine rings is 1. The lowest BCUT2D eigenvalue weighted by molar-refractivity contribution is 0.180. The van der Waals surface area contributed by atoms with Gasteiger partial charge in [-0.3, -0.25) is 0 Å². The third-order valence-electron chi connectivity index (χ3n) is 4.65. The molecule has 1 saturated heterocycles. The molecule has 120 valence electrons. The highest BCUT2D eigenvalue weighted by Gasteiger charge is 2.22. The van der Waals surface area contributed by atoms with Crippen molar-refractivity contribution in [3.8, 4) is 0 Å². The van der Waals surface area contributed by atoms with Crippen LogP contribution in [0.2, 0.25) is 0 Å². The zero-order chi connectivity index (χ0) is 15.5. The SMILES string of the molecule is CCN1CCCC(Cc2nc3cccnc3n2CC(C)C)C1. The summed E-state index contributed by atoms with van der Waals surface area (Å²) in [5, 5.41) is 0. The number of likely N-dealkylation sites (tertiary alicyclic amines) is 1. The van der Waals surface area contributed by atoms with Crippen molar-refractivity contribution in [2.45, 2.75) is 46.6 Å². The number of imidazole rings is 1. The lowest BCUT2D eigenvalue weighted by Gasteiger charge is -2.31. The maximum absolute atomic E-state index is 4.89. The van der Waals surface area contributed by atoms with Crippen molar-refractivity contribution in [3.63, 3.8) is 0 Å². The van der Waals surface area contributed by atoms with E-state index < -0.39 is 0 Å². The first-order valence-electron chi connectivity index (χ1n) is 8.69. The van der Waals surface area contributed by atoms with Gasteiger partial charge in [0.15, 0.2) is 5.65 Å². The van der Waals surface area contributed by atoms with E-state index in [2.05, 4.69) is 41.3 Å². The van der Waals surface area contributed by atoms with Crippen LogP contribution < -0.4 is 0 Å². The molecule has 0 bridgehead atoms. The molecule has 2 aromatic rings. The molecule has 22 heavy (non-hydrogen) atoms. The van der Waals surface area contributed by atoms with Crippen molar-refractivity contribution in [2.24, 2.45) is 11.8 Å². The summed E-state index contributed by atoms with van der Waals surface area (Å²) in [5.74, 6) is 2.57. The molecular formula is C18H28N4. The maximum atomic E-state index is 4.89. The van der Waals surface area contributed by atoms with Gasteiger partial charge in [0.05, 0.1) is 0 Å². The fourth-order valence-electron chi connectivity index (χ4n) is 3.58. The molecule has 3 heterocycles. The van der Waals surface area contributed by atoms with Gasteiger partial charge in [-0.25, -0.2) is 9.97 Å². The molecule has 1 aliphatic rings. The molecule has 1 aliphatic heterocycles. The number of nitrogens with zero attached hydrogens (tertiary/aromatic N) is 4. The Morgan fingerprint density at radius 3 is 3.00 bits per heavy atom. The molecule has 0 radical (unpaired) electrons. The minimum Gasteiger partial charge on any atom is -0.312 e. The molecule has 2 aromatic heterocycles. The Balaban J connectivity index is 1.85. The van der Waals surface area contributed by atoms with E-state index in [9.17, 15) is 0 Å². The summed E-state index contributed by atoms with van der Waals surface area (Å²) < 4.78 is 2.35. The molecule has 0 spiro atoms. The first-order valence-corrected chi connectivity index (χ1v) is 8.69. The predicted molar refractivity (Wildman–Crippen MR) is 90.9 cm³/mol. The van der Waals surface area contributed by atoms with E-state index in [1.54, 1.807) is 0 Å². The van der Waals surface area contributed by atoms with Crippen LogP contribution in [0.25, 0.3) is 11.2 Å². The molecular weight excluding hydrogens is 272 g/mol. The van der Waals surface area contributed by atoms with Gasteiger partial charge >= 0.3 is 0 Å². The van der Waals surface area contributed by atoms with Gasteiger partial charge in [-0.1, -0.05) is 20.8 Å². The highest BCUT2D eigenvalue weighted by molar-refractivity contribution is 5.71.